The monoisotopic (exact) mass is 265 g/mol. The first kappa shape index (κ1) is 14.5. The topological polar surface area (TPSA) is 21.3 Å². The van der Waals surface area contributed by atoms with Crippen molar-refractivity contribution in [3.63, 3.8) is 0 Å². The van der Waals surface area contributed by atoms with E-state index in [1.165, 1.54) is 0 Å². The summed E-state index contributed by atoms with van der Waals surface area (Å²) in [4.78, 5) is 0. The summed E-state index contributed by atoms with van der Waals surface area (Å²) < 4.78 is 19.3. The van der Waals surface area contributed by atoms with Crippen LogP contribution in [0.3, 0.4) is 0 Å². The van der Waals surface area contributed by atoms with Gasteiger partial charge in [0.1, 0.15) is 5.82 Å². The molecule has 0 aromatic heterocycles. The maximum Gasteiger partial charge on any atom is 0.126 e. The van der Waals surface area contributed by atoms with E-state index >= 15 is 0 Å². The summed E-state index contributed by atoms with van der Waals surface area (Å²) in [7, 11) is 1.96. The van der Waals surface area contributed by atoms with Crippen LogP contribution in [0.2, 0.25) is 0 Å². The van der Waals surface area contributed by atoms with E-state index in [0.717, 1.165) is 5.56 Å². The molecule has 0 bridgehead atoms. The molecule has 1 fully saturated rings. The maximum absolute atomic E-state index is 13.4. The van der Waals surface area contributed by atoms with Crippen LogP contribution >= 0.6 is 0 Å². The number of halogens is 1. The fourth-order valence-electron chi connectivity index (χ4n) is 3.31. The molecule has 2 nitrogen and oxygen atoms in total. The second-order valence-corrected chi connectivity index (χ2v) is 5.76. The Labute approximate surface area is 115 Å². The lowest BCUT2D eigenvalue weighted by atomic mass is 9.80. The molecular weight excluding hydrogens is 241 g/mol. The lowest BCUT2D eigenvalue weighted by Crippen LogP contribution is -2.33. The highest BCUT2D eigenvalue weighted by Gasteiger charge is 2.41. The van der Waals surface area contributed by atoms with E-state index in [1.807, 2.05) is 26.1 Å². The van der Waals surface area contributed by atoms with E-state index in [4.69, 9.17) is 4.74 Å². The van der Waals surface area contributed by atoms with Gasteiger partial charge in [-0.3, -0.25) is 0 Å². The summed E-state index contributed by atoms with van der Waals surface area (Å²) in [6.07, 6.45) is 0.491. The van der Waals surface area contributed by atoms with E-state index in [1.54, 1.807) is 6.07 Å². The molecule has 1 heterocycles. The van der Waals surface area contributed by atoms with Crippen LogP contribution in [-0.2, 0) is 4.74 Å². The zero-order valence-electron chi connectivity index (χ0n) is 12.4. The molecule has 1 aromatic carbocycles. The number of hydrogen-bond donors (Lipinski definition) is 1. The Bertz CT molecular complexity index is 448. The van der Waals surface area contributed by atoms with Crippen LogP contribution in [0.15, 0.2) is 18.2 Å². The van der Waals surface area contributed by atoms with Gasteiger partial charge in [0.15, 0.2) is 0 Å². The summed E-state index contributed by atoms with van der Waals surface area (Å²) in [5.41, 5.74) is 1.84. The molecule has 3 heteroatoms. The quantitative estimate of drug-likeness (QED) is 0.903. The molecule has 0 radical (unpaired) electrons. The Morgan fingerprint density at radius 2 is 1.89 bits per heavy atom. The highest BCUT2D eigenvalue weighted by molar-refractivity contribution is 5.27. The first-order valence-corrected chi connectivity index (χ1v) is 7.04. The van der Waals surface area contributed by atoms with Crippen molar-refractivity contribution in [2.75, 3.05) is 7.05 Å². The molecule has 1 aliphatic heterocycles. The van der Waals surface area contributed by atoms with Crippen molar-refractivity contribution in [3.05, 3.63) is 35.1 Å². The maximum atomic E-state index is 13.4. The number of benzene rings is 1. The highest BCUT2D eigenvalue weighted by Crippen LogP contribution is 2.40. The molecule has 19 heavy (non-hydrogen) atoms. The van der Waals surface area contributed by atoms with Crippen LogP contribution in [-0.4, -0.2) is 19.3 Å². The zero-order chi connectivity index (χ0) is 14.2. The van der Waals surface area contributed by atoms with Gasteiger partial charge in [0.25, 0.3) is 0 Å². The largest absolute Gasteiger partial charge is 0.375 e. The summed E-state index contributed by atoms with van der Waals surface area (Å²) in [5, 5.41) is 3.39. The first-order valence-electron chi connectivity index (χ1n) is 7.04. The van der Waals surface area contributed by atoms with Crippen LogP contribution in [0.1, 0.15) is 37.9 Å². The van der Waals surface area contributed by atoms with Gasteiger partial charge in [-0.05, 0) is 50.9 Å². The van der Waals surface area contributed by atoms with E-state index in [2.05, 4.69) is 26.1 Å². The Kier molecular flexibility index (Phi) is 4.26. The van der Waals surface area contributed by atoms with Gasteiger partial charge in [-0.25, -0.2) is 4.39 Å². The van der Waals surface area contributed by atoms with E-state index in [9.17, 15) is 4.39 Å². The highest BCUT2D eigenvalue weighted by atomic mass is 19.1. The molecule has 1 N–H and O–H groups in total. The number of aryl methyl sites for hydroxylation is 1. The third kappa shape index (κ3) is 2.67. The molecule has 5 atom stereocenters. The van der Waals surface area contributed by atoms with E-state index < -0.39 is 0 Å². The van der Waals surface area contributed by atoms with E-state index in [0.29, 0.717) is 17.4 Å². The van der Waals surface area contributed by atoms with Gasteiger partial charge >= 0.3 is 0 Å². The molecule has 0 amide bonds. The first-order chi connectivity index (χ1) is 8.95. The van der Waals surface area contributed by atoms with Gasteiger partial charge in [0.05, 0.1) is 12.2 Å². The van der Waals surface area contributed by atoms with Crippen molar-refractivity contribution in [2.24, 2.45) is 11.8 Å². The Hall–Kier alpha value is -0.930. The van der Waals surface area contributed by atoms with Crippen LogP contribution in [0.25, 0.3) is 0 Å². The number of nitrogens with one attached hydrogen (secondary N) is 1. The average molecular weight is 265 g/mol. The molecule has 2 rings (SSSR count). The lowest BCUT2D eigenvalue weighted by molar-refractivity contribution is 0.0478. The molecule has 0 saturated carbocycles. The predicted molar refractivity (Wildman–Crippen MR) is 75.6 cm³/mol. The summed E-state index contributed by atoms with van der Waals surface area (Å²) in [6.45, 7) is 8.31. The van der Waals surface area contributed by atoms with Crippen molar-refractivity contribution in [3.8, 4) is 0 Å². The second-order valence-electron chi connectivity index (χ2n) is 5.76. The Morgan fingerprint density at radius 1 is 1.21 bits per heavy atom. The molecule has 1 aliphatic rings. The van der Waals surface area contributed by atoms with Gasteiger partial charge < -0.3 is 10.1 Å². The molecule has 1 saturated heterocycles. The SMILES string of the molecule is CNC(c1ccc(F)c(C)c1)C1C(C)OC(C)C1C. The Balaban J connectivity index is 2.31. The van der Waals surface area contributed by atoms with Crippen molar-refractivity contribution in [1.29, 1.82) is 0 Å². The van der Waals surface area contributed by atoms with Crippen LogP contribution < -0.4 is 5.32 Å². The van der Waals surface area contributed by atoms with Gasteiger partial charge in [-0.1, -0.05) is 19.1 Å². The van der Waals surface area contributed by atoms with Gasteiger partial charge in [0, 0.05) is 12.0 Å². The lowest BCUT2D eigenvalue weighted by Gasteiger charge is -2.29. The number of ether oxygens (including phenoxy) is 1. The summed E-state index contributed by atoms with van der Waals surface area (Å²) in [5.74, 6) is 0.749. The molecule has 0 spiro atoms. The minimum absolute atomic E-state index is 0.143. The Morgan fingerprint density at radius 3 is 2.37 bits per heavy atom. The molecule has 1 aromatic rings. The second kappa shape index (κ2) is 5.59. The average Bonchev–Trinajstić information content (AvgIpc) is 2.61. The van der Waals surface area contributed by atoms with Crippen LogP contribution in [0, 0.1) is 24.6 Å². The van der Waals surface area contributed by atoms with Crippen molar-refractivity contribution in [1.82, 2.24) is 5.32 Å². The van der Waals surface area contributed by atoms with Gasteiger partial charge in [-0.15, -0.1) is 0 Å². The minimum atomic E-state index is -0.143. The molecule has 106 valence electrons. The van der Waals surface area contributed by atoms with Crippen molar-refractivity contribution >= 4 is 0 Å². The van der Waals surface area contributed by atoms with Crippen molar-refractivity contribution in [2.45, 2.75) is 45.9 Å². The molecule has 0 aliphatic carbocycles. The van der Waals surface area contributed by atoms with Gasteiger partial charge in [0.2, 0.25) is 0 Å². The number of hydrogen-bond acceptors (Lipinski definition) is 2. The smallest absolute Gasteiger partial charge is 0.126 e. The number of rotatable bonds is 3. The third-order valence-electron chi connectivity index (χ3n) is 4.56. The summed E-state index contributed by atoms with van der Waals surface area (Å²) in [6, 6.07) is 5.59. The van der Waals surface area contributed by atoms with Crippen LogP contribution in [0.4, 0.5) is 4.39 Å². The fraction of sp³-hybridized carbons (Fsp3) is 0.625. The van der Waals surface area contributed by atoms with Gasteiger partial charge in [-0.2, -0.15) is 0 Å². The molecule has 5 unspecified atom stereocenters. The fourth-order valence-corrected chi connectivity index (χ4v) is 3.31. The zero-order valence-corrected chi connectivity index (χ0v) is 12.4. The van der Waals surface area contributed by atoms with E-state index in [-0.39, 0.29) is 24.1 Å². The van der Waals surface area contributed by atoms with Crippen molar-refractivity contribution < 1.29 is 9.13 Å². The minimum Gasteiger partial charge on any atom is -0.375 e. The normalized spacial score (nSPS) is 32.5. The molecular formula is C16H24FNO. The summed E-state index contributed by atoms with van der Waals surface area (Å²) >= 11 is 0. The predicted octanol–water partition coefficient (Wildman–Crippen LogP) is 3.45. The standard InChI is InChI=1S/C16H24FNO/c1-9-8-13(6-7-14(9)17)16(18-5)15-10(2)11(3)19-12(15)4/h6-8,10-12,15-16,18H,1-5H3. The third-order valence-corrected chi connectivity index (χ3v) is 4.56. The van der Waals surface area contributed by atoms with Crippen LogP contribution in [0.5, 0.6) is 0 Å².